The monoisotopic (exact) mass is 263 g/mol. The van der Waals surface area contributed by atoms with Gasteiger partial charge in [0.25, 0.3) is 0 Å². The number of β-amino-alcohol motifs (C(OH)–C–C–N with tert-alkyl or cyclic N) is 1. The minimum atomic E-state index is -1.06. The van der Waals surface area contributed by atoms with E-state index in [9.17, 15) is 14.7 Å². The molecule has 19 heavy (non-hydrogen) atoms. The minimum Gasteiger partial charge on any atom is -0.480 e. The quantitative estimate of drug-likeness (QED) is 0.836. The number of carboxylic acid groups (broad SMARTS) is 1. The number of benzene rings is 1. The Bertz CT molecular complexity index is 500. The molecule has 1 heterocycles. The summed E-state index contributed by atoms with van der Waals surface area (Å²) in [6.07, 6.45) is -0.472. The molecule has 0 radical (unpaired) electrons. The molecule has 1 fully saturated rings. The van der Waals surface area contributed by atoms with Crippen molar-refractivity contribution in [2.24, 2.45) is 0 Å². The zero-order valence-corrected chi connectivity index (χ0v) is 10.7. The number of hydrogen-bond donors (Lipinski definition) is 2. The van der Waals surface area contributed by atoms with Crippen LogP contribution >= 0.6 is 0 Å². The van der Waals surface area contributed by atoms with Crippen LogP contribution in [0.5, 0.6) is 0 Å². The fraction of sp³-hybridized carbons (Fsp3) is 0.429. The van der Waals surface area contributed by atoms with Gasteiger partial charge in [0.2, 0.25) is 5.91 Å². The number of hydrogen-bond acceptors (Lipinski definition) is 3. The second-order valence-corrected chi connectivity index (χ2v) is 4.89. The number of aliphatic hydroxyl groups excluding tert-OH is 1. The van der Waals surface area contributed by atoms with Crippen LogP contribution in [0.2, 0.25) is 0 Å². The maximum atomic E-state index is 12.2. The SMILES string of the molecule is Cc1ccccc1CC(=O)N1CC(O)C[C@H]1C(=O)O. The Labute approximate surface area is 111 Å². The van der Waals surface area contributed by atoms with Crippen molar-refractivity contribution in [1.29, 1.82) is 0 Å². The number of aryl methyl sites for hydroxylation is 1. The van der Waals surface area contributed by atoms with Crippen LogP contribution in [0.15, 0.2) is 24.3 Å². The Balaban J connectivity index is 2.11. The Morgan fingerprint density at radius 1 is 1.37 bits per heavy atom. The van der Waals surface area contributed by atoms with Gasteiger partial charge in [-0.15, -0.1) is 0 Å². The summed E-state index contributed by atoms with van der Waals surface area (Å²) in [5.74, 6) is -1.31. The van der Waals surface area contributed by atoms with Gasteiger partial charge in [0.05, 0.1) is 12.5 Å². The smallest absolute Gasteiger partial charge is 0.326 e. The summed E-state index contributed by atoms with van der Waals surface area (Å²) in [6.45, 7) is 2.01. The lowest BCUT2D eigenvalue weighted by atomic mass is 10.1. The van der Waals surface area contributed by atoms with E-state index in [0.717, 1.165) is 11.1 Å². The number of amides is 1. The summed E-state index contributed by atoms with van der Waals surface area (Å²) in [5.41, 5.74) is 1.89. The molecule has 5 nitrogen and oxygen atoms in total. The standard InChI is InChI=1S/C14H17NO4/c1-9-4-2-3-5-10(9)6-13(17)15-8-11(16)7-12(15)14(18)19/h2-5,11-12,16H,6-8H2,1H3,(H,18,19)/t11?,12-/m0/s1. The minimum absolute atomic E-state index is 0.0989. The fourth-order valence-corrected chi connectivity index (χ4v) is 2.40. The molecular formula is C14H17NO4. The first-order valence-electron chi connectivity index (χ1n) is 6.24. The molecule has 0 bridgehead atoms. The highest BCUT2D eigenvalue weighted by Crippen LogP contribution is 2.20. The van der Waals surface area contributed by atoms with E-state index >= 15 is 0 Å². The lowest BCUT2D eigenvalue weighted by molar-refractivity contribution is -0.148. The highest BCUT2D eigenvalue weighted by molar-refractivity contribution is 5.85. The van der Waals surface area contributed by atoms with Gasteiger partial charge in [0.1, 0.15) is 6.04 Å². The van der Waals surface area contributed by atoms with E-state index in [4.69, 9.17) is 5.11 Å². The Kier molecular flexibility index (Phi) is 3.85. The van der Waals surface area contributed by atoms with Crippen LogP contribution in [0.3, 0.4) is 0 Å². The molecule has 2 rings (SSSR count). The molecule has 1 amide bonds. The van der Waals surface area contributed by atoms with Crippen molar-refractivity contribution in [1.82, 2.24) is 4.90 Å². The Hall–Kier alpha value is -1.88. The molecule has 1 saturated heterocycles. The molecule has 0 saturated carbocycles. The normalized spacial score (nSPS) is 22.5. The molecule has 0 spiro atoms. The highest BCUT2D eigenvalue weighted by atomic mass is 16.4. The largest absolute Gasteiger partial charge is 0.480 e. The van der Waals surface area contributed by atoms with Gasteiger partial charge < -0.3 is 15.1 Å². The van der Waals surface area contributed by atoms with E-state index in [1.165, 1.54) is 4.90 Å². The van der Waals surface area contributed by atoms with Gasteiger partial charge in [-0.05, 0) is 18.1 Å². The summed E-state index contributed by atoms with van der Waals surface area (Å²) < 4.78 is 0. The molecule has 1 unspecified atom stereocenters. The van der Waals surface area contributed by atoms with Gasteiger partial charge in [-0.2, -0.15) is 0 Å². The molecule has 0 aliphatic carbocycles. The van der Waals surface area contributed by atoms with Crippen molar-refractivity contribution >= 4 is 11.9 Å². The third-order valence-electron chi connectivity index (χ3n) is 3.49. The fourth-order valence-electron chi connectivity index (χ4n) is 2.40. The van der Waals surface area contributed by atoms with Crippen molar-refractivity contribution in [3.05, 3.63) is 35.4 Å². The summed E-state index contributed by atoms with van der Waals surface area (Å²) in [6, 6.07) is 6.60. The number of rotatable bonds is 3. The molecule has 2 N–H and O–H groups in total. The lowest BCUT2D eigenvalue weighted by Crippen LogP contribution is -2.41. The summed E-state index contributed by atoms with van der Waals surface area (Å²) in [4.78, 5) is 24.5. The van der Waals surface area contributed by atoms with Crippen LogP contribution in [-0.4, -0.2) is 45.7 Å². The van der Waals surface area contributed by atoms with Crippen molar-refractivity contribution < 1.29 is 19.8 Å². The van der Waals surface area contributed by atoms with Crippen LogP contribution in [0.25, 0.3) is 0 Å². The van der Waals surface area contributed by atoms with E-state index < -0.39 is 18.1 Å². The number of aliphatic hydroxyl groups is 1. The van der Waals surface area contributed by atoms with Crippen LogP contribution < -0.4 is 0 Å². The van der Waals surface area contributed by atoms with E-state index in [0.29, 0.717) is 0 Å². The predicted octanol–water partition coefficient (Wildman–Crippen LogP) is 0.584. The highest BCUT2D eigenvalue weighted by Gasteiger charge is 2.38. The van der Waals surface area contributed by atoms with E-state index in [1.807, 2.05) is 31.2 Å². The van der Waals surface area contributed by atoms with E-state index in [1.54, 1.807) is 0 Å². The maximum absolute atomic E-state index is 12.2. The average molecular weight is 263 g/mol. The van der Waals surface area contributed by atoms with Crippen molar-refractivity contribution in [3.63, 3.8) is 0 Å². The van der Waals surface area contributed by atoms with Gasteiger partial charge in [-0.3, -0.25) is 4.79 Å². The average Bonchev–Trinajstić information content (AvgIpc) is 2.74. The van der Waals surface area contributed by atoms with Gasteiger partial charge in [0.15, 0.2) is 0 Å². The van der Waals surface area contributed by atoms with Gasteiger partial charge in [-0.25, -0.2) is 4.79 Å². The van der Waals surface area contributed by atoms with Crippen LogP contribution in [0.4, 0.5) is 0 Å². The van der Waals surface area contributed by atoms with Crippen molar-refractivity contribution in [2.45, 2.75) is 31.9 Å². The molecule has 1 aromatic rings. The zero-order chi connectivity index (χ0) is 14.0. The molecule has 5 heteroatoms. The third-order valence-corrected chi connectivity index (χ3v) is 3.49. The summed E-state index contributed by atoms with van der Waals surface area (Å²) >= 11 is 0. The predicted molar refractivity (Wildman–Crippen MR) is 68.6 cm³/mol. The maximum Gasteiger partial charge on any atom is 0.326 e. The Morgan fingerprint density at radius 3 is 2.68 bits per heavy atom. The summed E-state index contributed by atoms with van der Waals surface area (Å²) in [7, 11) is 0. The number of carboxylic acids is 1. The first-order valence-corrected chi connectivity index (χ1v) is 6.24. The van der Waals surface area contributed by atoms with Gasteiger partial charge >= 0.3 is 5.97 Å². The lowest BCUT2D eigenvalue weighted by Gasteiger charge is -2.21. The third kappa shape index (κ3) is 2.93. The van der Waals surface area contributed by atoms with Crippen LogP contribution in [0, 0.1) is 6.92 Å². The number of aliphatic carboxylic acids is 1. The number of carbonyl (C=O) groups excluding carboxylic acids is 1. The number of carbonyl (C=O) groups is 2. The van der Waals surface area contributed by atoms with Crippen LogP contribution in [-0.2, 0) is 16.0 Å². The first kappa shape index (κ1) is 13.5. The molecule has 2 atom stereocenters. The molecule has 102 valence electrons. The number of nitrogens with zero attached hydrogens (tertiary/aromatic N) is 1. The molecule has 0 aromatic heterocycles. The van der Waals surface area contributed by atoms with Crippen molar-refractivity contribution in [2.75, 3.05) is 6.54 Å². The number of likely N-dealkylation sites (tertiary alicyclic amines) is 1. The van der Waals surface area contributed by atoms with Crippen LogP contribution in [0.1, 0.15) is 17.5 Å². The Morgan fingerprint density at radius 2 is 2.05 bits per heavy atom. The van der Waals surface area contributed by atoms with Gasteiger partial charge in [0, 0.05) is 13.0 Å². The molecule has 1 aliphatic heterocycles. The zero-order valence-electron chi connectivity index (χ0n) is 10.7. The summed E-state index contributed by atoms with van der Waals surface area (Å²) in [5, 5.41) is 18.6. The van der Waals surface area contributed by atoms with Crippen molar-refractivity contribution in [3.8, 4) is 0 Å². The van der Waals surface area contributed by atoms with Gasteiger partial charge in [-0.1, -0.05) is 24.3 Å². The van der Waals surface area contributed by atoms with E-state index in [-0.39, 0.29) is 25.3 Å². The molecule has 1 aromatic carbocycles. The molecule has 1 aliphatic rings. The topological polar surface area (TPSA) is 77.8 Å². The molecular weight excluding hydrogens is 246 g/mol. The second kappa shape index (κ2) is 5.40. The van der Waals surface area contributed by atoms with E-state index in [2.05, 4.69) is 0 Å². The second-order valence-electron chi connectivity index (χ2n) is 4.89. The first-order chi connectivity index (χ1) is 8.99.